The highest BCUT2D eigenvalue weighted by molar-refractivity contribution is 5.76. The molecule has 0 saturated heterocycles. The molecule has 5 rings (SSSR count). The Hall–Kier alpha value is -0.870. The third kappa shape index (κ3) is 2.93. The van der Waals surface area contributed by atoms with Crippen molar-refractivity contribution in [2.45, 2.75) is 118 Å². The molecule has 192 valence electrons. The van der Waals surface area contributed by atoms with E-state index in [-0.39, 0.29) is 33.0 Å². The molecule has 0 heterocycles. The minimum Gasteiger partial charge on any atom is -0.481 e. The zero-order valence-corrected chi connectivity index (χ0v) is 22.6. The molecule has 5 aliphatic rings. The number of carboxylic acids is 1. The van der Waals surface area contributed by atoms with E-state index in [9.17, 15) is 20.1 Å². The molecule has 4 fully saturated rings. The highest BCUT2D eigenvalue weighted by Gasteiger charge is 2.70. The molecule has 3 unspecified atom stereocenters. The van der Waals surface area contributed by atoms with Gasteiger partial charge in [0.2, 0.25) is 0 Å². The number of rotatable bonds is 1. The molecule has 0 aromatic rings. The van der Waals surface area contributed by atoms with E-state index in [0.717, 1.165) is 44.9 Å². The van der Waals surface area contributed by atoms with Crippen LogP contribution in [0, 0.1) is 50.2 Å². The van der Waals surface area contributed by atoms with Crippen LogP contribution in [0.5, 0.6) is 0 Å². The molecule has 0 aromatic carbocycles. The predicted molar refractivity (Wildman–Crippen MR) is 134 cm³/mol. The highest BCUT2D eigenvalue weighted by Crippen LogP contribution is 2.75. The summed E-state index contributed by atoms with van der Waals surface area (Å²) in [6, 6.07) is 0. The van der Waals surface area contributed by atoms with Crippen LogP contribution in [0.15, 0.2) is 11.6 Å². The number of hydrogen-bond acceptors (Lipinski definition) is 3. The van der Waals surface area contributed by atoms with Crippen molar-refractivity contribution in [1.29, 1.82) is 0 Å². The summed E-state index contributed by atoms with van der Waals surface area (Å²) in [5.41, 5.74) is 0.520. The lowest BCUT2D eigenvalue weighted by atomic mass is 9.34. The Morgan fingerprint density at radius 3 is 2.03 bits per heavy atom. The van der Waals surface area contributed by atoms with Crippen molar-refractivity contribution >= 4 is 5.97 Å². The van der Waals surface area contributed by atoms with Gasteiger partial charge < -0.3 is 15.3 Å². The van der Waals surface area contributed by atoms with Gasteiger partial charge in [-0.05, 0) is 97.2 Å². The molecular formula is C30H48O4. The van der Waals surface area contributed by atoms with Gasteiger partial charge in [0.1, 0.15) is 0 Å². The number of hydrogen-bond donors (Lipinski definition) is 3. The Balaban J connectivity index is 1.62. The molecule has 4 heteroatoms. The Bertz CT molecular complexity index is 919. The second-order valence-electron chi connectivity index (χ2n) is 15.3. The summed E-state index contributed by atoms with van der Waals surface area (Å²) in [5, 5.41) is 33.0. The number of carboxylic acid groups (broad SMARTS) is 1. The maximum Gasteiger partial charge on any atom is 0.310 e. The van der Waals surface area contributed by atoms with Crippen LogP contribution in [0.25, 0.3) is 0 Å². The standard InChI is InChI=1S/C30H48O4/c1-25(2)14-15-30(24(33)34)13-10-20-27(5)11-8-19-26(3,4)16-18(31)23(32)29(19,7)21(27)9-12-28(20,6)22(30)17-25/h10,18-19,21-23,31-32H,8-9,11-17H2,1-7H3,(H,33,34)/t18-,19?,21?,22?,23+,27-,28+,29-,30+/m0/s1. The van der Waals surface area contributed by atoms with Gasteiger partial charge in [-0.1, -0.05) is 60.1 Å². The van der Waals surface area contributed by atoms with E-state index in [0.29, 0.717) is 24.7 Å². The molecule has 3 N–H and O–H groups in total. The van der Waals surface area contributed by atoms with Crippen molar-refractivity contribution in [3.05, 3.63) is 11.6 Å². The number of aliphatic hydroxyl groups excluding tert-OH is 2. The Morgan fingerprint density at radius 2 is 1.41 bits per heavy atom. The lowest BCUT2D eigenvalue weighted by molar-refractivity contribution is -0.233. The average Bonchev–Trinajstić information content (AvgIpc) is 2.71. The molecule has 0 aromatic heterocycles. The van der Waals surface area contributed by atoms with Crippen molar-refractivity contribution < 1.29 is 20.1 Å². The second kappa shape index (κ2) is 7.12. The normalized spacial score (nSPS) is 53.4. The Kier molecular flexibility index (Phi) is 5.20. The fourth-order valence-corrected chi connectivity index (χ4v) is 11.0. The second-order valence-corrected chi connectivity index (χ2v) is 15.3. The number of fused-ring (bicyclic) bond motifs is 7. The van der Waals surface area contributed by atoms with E-state index in [1.807, 2.05) is 0 Å². The summed E-state index contributed by atoms with van der Waals surface area (Å²) in [4.78, 5) is 12.8. The summed E-state index contributed by atoms with van der Waals surface area (Å²) < 4.78 is 0. The van der Waals surface area contributed by atoms with E-state index < -0.39 is 23.6 Å². The van der Waals surface area contributed by atoms with Gasteiger partial charge in [0.05, 0.1) is 17.6 Å². The smallest absolute Gasteiger partial charge is 0.310 e. The molecule has 0 radical (unpaired) electrons. The van der Waals surface area contributed by atoms with E-state index in [2.05, 4.69) is 54.5 Å². The van der Waals surface area contributed by atoms with Crippen molar-refractivity contribution in [3.63, 3.8) is 0 Å². The molecule has 34 heavy (non-hydrogen) atoms. The monoisotopic (exact) mass is 472 g/mol. The largest absolute Gasteiger partial charge is 0.481 e. The minimum atomic E-state index is -0.699. The number of carbonyl (C=O) groups is 1. The van der Waals surface area contributed by atoms with E-state index in [4.69, 9.17) is 0 Å². The van der Waals surface area contributed by atoms with E-state index in [1.165, 1.54) is 5.57 Å². The fraction of sp³-hybridized carbons (Fsp3) is 0.900. The quantitative estimate of drug-likeness (QED) is 0.397. The third-order valence-corrected chi connectivity index (χ3v) is 12.6. The van der Waals surface area contributed by atoms with Gasteiger partial charge in [-0.3, -0.25) is 4.79 Å². The summed E-state index contributed by atoms with van der Waals surface area (Å²) in [6.07, 6.45) is 9.18. The summed E-state index contributed by atoms with van der Waals surface area (Å²) in [6.45, 7) is 16.3. The zero-order chi connectivity index (χ0) is 25.1. The minimum absolute atomic E-state index is 0.00226. The maximum atomic E-state index is 12.8. The van der Waals surface area contributed by atoms with Crippen LogP contribution in [0.3, 0.4) is 0 Å². The van der Waals surface area contributed by atoms with Crippen molar-refractivity contribution in [3.8, 4) is 0 Å². The van der Waals surface area contributed by atoms with Gasteiger partial charge >= 0.3 is 5.97 Å². The number of allylic oxidation sites excluding steroid dienone is 2. The first-order valence-electron chi connectivity index (χ1n) is 13.9. The lowest BCUT2D eigenvalue weighted by Crippen LogP contribution is -2.67. The third-order valence-electron chi connectivity index (χ3n) is 12.6. The van der Waals surface area contributed by atoms with Crippen LogP contribution in [-0.2, 0) is 4.79 Å². The van der Waals surface area contributed by atoms with Crippen LogP contribution in [0.2, 0.25) is 0 Å². The van der Waals surface area contributed by atoms with E-state index >= 15 is 0 Å². The van der Waals surface area contributed by atoms with Gasteiger partial charge in [-0.2, -0.15) is 0 Å². The van der Waals surface area contributed by atoms with Crippen molar-refractivity contribution in [2.75, 3.05) is 0 Å². The molecule has 9 atom stereocenters. The fourth-order valence-electron chi connectivity index (χ4n) is 11.0. The lowest BCUT2D eigenvalue weighted by Gasteiger charge is -2.70. The van der Waals surface area contributed by atoms with E-state index in [1.54, 1.807) is 0 Å². The van der Waals surface area contributed by atoms with Crippen molar-refractivity contribution in [2.24, 2.45) is 50.2 Å². The van der Waals surface area contributed by atoms with Crippen LogP contribution in [0.1, 0.15) is 106 Å². The van der Waals surface area contributed by atoms with Crippen molar-refractivity contribution in [1.82, 2.24) is 0 Å². The SMILES string of the molecule is CC1(C)CC[C@]2(C(=O)O)CC=C3[C@]4(C)CCC5C(C)(C)C[C@H](O)[C@@H](O)[C@]5(C)C4CC[C@@]3(C)C2C1. The number of aliphatic carboxylic acids is 1. The number of aliphatic hydroxyl groups is 2. The first kappa shape index (κ1) is 24.8. The molecule has 0 amide bonds. The molecule has 0 aliphatic heterocycles. The highest BCUT2D eigenvalue weighted by atomic mass is 16.4. The molecule has 0 spiro atoms. The summed E-state index contributed by atoms with van der Waals surface area (Å²) >= 11 is 0. The van der Waals surface area contributed by atoms with Crippen LogP contribution in [0.4, 0.5) is 0 Å². The Labute approximate surface area is 206 Å². The van der Waals surface area contributed by atoms with Crippen LogP contribution in [-0.4, -0.2) is 33.5 Å². The molecule has 4 nitrogen and oxygen atoms in total. The molecular weight excluding hydrogens is 424 g/mol. The van der Waals surface area contributed by atoms with Crippen LogP contribution < -0.4 is 0 Å². The first-order chi connectivity index (χ1) is 15.5. The Morgan fingerprint density at radius 1 is 0.824 bits per heavy atom. The first-order valence-corrected chi connectivity index (χ1v) is 13.9. The van der Waals surface area contributed by atoms with Gasteiger partial charge in [-0.15, -0.1) is 0 Å². The molecule has 5 aliphatic carbocycles. The predicted octanol–water partition coefficient (Wildman–Crippen LogP) is 6.20. The summed E-state index contributed by atoms with van der Waals surface area (Å²) in [5.74, 6) is 0.246. The summed E-state index contributed by atoms with van der Waals surface area (Å²) in [7, 11) is 0. The topological polar surface area (TPSA) is 77.8 Å². The van der Waals surface area contributed by atoms with Gasteiger partial charge in [0.15, 0.2) is 0 Å². The average molecular weight is 473 g/mol. The van der Waals surface area contributed by atoms with Gasteiger partial charge in [-0.25, -0.2) is 0 Å². The maximum absolute atomic E-state index is 12.8. The van der Waals surface area contributed by atoms with Crippen LogP contribution >= 0.6 is 0 Å². The van der Waals surface area contributed by atoms with Gasteiger partial charge in [0.25, 0.3) is 0 Å². The molecule has 0 bridgehead atoms. The van der Waals surface area contributed by atoms with Gasteiger partial charge in [0, 0.05) is 5.41 Å². The molecule has 4 saturated carbocycles. The zero-order valence-electron chi connectivity index (χ0n) is 22.6.